The van der Waals surface area contributed by atoms with Gasteiger partial charge in [0.15, 0.2) is 0 Å². The average molecular weight is 397 g/mol. The van der Waals surface area contributed by atoms with E-state index in [1.807, 2.05) is 0 Å². The lowest BCUT2D eigenvalue weighted by Gasteiger charge is -2.33. The van der Waals surface area contributed by atoms with Gasteiger partial charge in [-0.15, -0.1) is 0 Å². The minimum absolute atomic E-state index is 0.305. The molecule has 24 heavy (non-hydrogen) atoms. The highest BCUT2D eigenvalue weighted by Crippen LogP contribution is 2.44. The molecule has 2 aliphatic rings. The Hall–Kier alpha value is -0.460. The smallest absolute Gasteiger partial charge is 0.0904 e. The normalized spacial score (nSPS) is 26.0. The quantitative estimate of drug-likeness (QED) is 0.701. The van der Waals surface area contributed by atoms with Crippen LogP contribution in [0.15, 0.2) is 28.7 Å². The van der Waals surface area contributed by atoms with Gasteiger partial charge in [0.1, 0.15) is 0 Å². The molecule has 4 nitrogen and oxygen atoms in total. The number of rotatable bonds is 7. The lowest BCUT2D eigenvalue weighted by Crippen LogP contribution is -2.41. The third kappa shape index (κ3) is 3.70. The molecule has 0 bridgehead atoms. The van der Waals surface area contributed by atoms with Crippen LogP contribution >= 0.6 is 15.9 Å². The van der Waals surface area contributed by atoms with Crippen molar-refractivity contribution in [1.29, 1.82) is 0 Å². The zero-order valence-corrected chi connectivity index (χ0v) is 16.4. The van der Waals surface area contributed by atoms with Crippen LogP contribution in [0.2, 0.25) is 0 Å². The molecule has 1 aromatic rings. The molecular formula is C19H29BrN2O2. The van der Waals surface area contributed by atoms with Crippen LogP contribution in [0.4, 0.5) is 0 Å². The van der Waals surface area contributed by atoms with Crippen LogP contribution in [0.3, 0.4) is 0 Å². The van der Waals surface area contributed by atoms with Gasteiger partial charge >= 0.3 is 0 Å². The summed E-state index contributed by atoms with van der Waals surface area (Å²) in [5.41, 5.74) is 1.36. The molecule has 2 fully saturated rings. The topological polar surface area (TPSA) is 24.9 Å². The summed E-state index contributed by atoms with van der Waals surface area (Å²) in [6, 6.07) is 9.90. The predicted molar refractivity (Wildman–Crippen MR) is 100 cm³/mol. The van der Waals surface area contributed by atoms with Crippen molar-refractivity contribution >= 4 is 15.9 Å². The van der Waals surface area contributed by atoms with E-state index in [0.29, 0.717) is 18.2 Å². The number of hydrogen-bond donors (Lipinski definition) is 0. The second-order valence-corrected chi connectivity index (χ2v) is 7.63. The van der Waals surface area contributed by atoms with Crippen molar-refractivity contribution < 1.29 is 9.47 Å². The van der Waals surface area contributed by atoms with Crippen molar-refractivity contribution in [2.75, 3.05) is 40.5 Å². The molecule has 3 rings (SSSR count). The third-order valence-electron chi connectivity index (χ3n) is 5.46. The first kappa shape index (κ1) is 18.3. The van der Waals surface area contributed by atoms with Gasteiger partial charge in [0.25, 0.3) is 0 Å². The fourth-order valence-corrected chi connectivity index (χ4v) is 4.92. The van der Waals surface area contributed by atoms with Crippen LogP contribution in [-0.2, 0) is 9.47 Å². The summed E-state index contributed by atoms with van der Waals surface area (Å²) in [5, 5.41) is 0. The van der Waals surface area contributed by atoms with Gasteiger partial charge in [0, 0.05) is 43.9 Å². The Bertz CT molecular complexity index is 504. The van der Waals surface area contributed by atoms with E-state index in [1.54, 1.807) is 14.2 Å². The number of halogens is 1. The lowest BCUT2D eigenvalue weighted by atomic mass is 9.90. The van der Waals surface area contributed by atoms with E-state index in [2.05, 4.69) is 50.0 Å². The second-order valence-electron chi connectivity index (χ2n) is 6.78. The zero-order chi connectivity index (χ0) is 16.9. The molecule has 1 saturated heterocycles. The highest BCUT2D eigenvalue weighted by molar-refractivity contribution is 9.10. The van der Waals surface area contributed by atoms with Crippen molar-refractivity contribution in [2.24, 2.45) is 0 Å². The summed E-state index contributed by atoms with van der Waals surface area (Å²) in [6.45, 7) is 3.52. The standard InChI is InChI=1S/C19H29BrN2O2/c1-23-13-11-21-17-9-5-6-10-18(17)22(12-14-24-2)19(21)15-7-3-4-8-16(15)20/h3-4,7-8,17-19H,5-6,9-14H2,1-2H3/t17-,18-/m1/s1. The first-order valence-corrected chi connectivity index (χ1v) is 9.81. The molecule has 0 aromatic heterocycles. The number of benzene rings is 1. The van der Waals surface area contributed by atoms with Gasteiger partial charge in [-0.2, -0.15) is 0 Å². The maximum Gasteiger partial charge on any atom is 0.0904 e. The number of ether oxygens (including phenoxy) is 2. The molecule has 0 unspecified atom stereocenters. The molecule has 1 aliphatic heterocycles. The summed E-state index contributed by atoms with van der Waals surface area (Å²) in [7, 11) is 3.59. The highest BCUT2D eigenvalue weighted by atomic mass is 79.9. The second kappa shape index (κ2) is 8.77. The summed E-state index contributed by atoms with van der Waals surface area (Å²) in [6.07, 6.45) is 5.56. The van der Waals surface area contributed by atoms with Crippen molar-refractivity contribution in [3.63, 3.8) is 0 Å². The predicted octanol–water partition coefficient (Wildman–Crippen LogP) is 3.67. The van der Waals surface area contributed by atoms with Crippen molar-refractivity contribution in [3.05, 3.63) is 34.3 Å². The Morgan fingerprint density at radius 2 is 1.50 bits per heavy atom. The fraction of sp³-hybridized carbons (Fsp3) is 0.684. The molecule has 0 N–H and O–H groups in total. The number of fused-ring (bicyclic) bond motifs is 1. The van der Waals surface area contributed by atoms with E-state index in [-0.39, 0.29) is 0 Å². The Kier molecular flexibility index (Phi) is 6.70. The van der Waals surface area contributed by atoms with Crippen LogP contribution in [-0.4, -0.2) is 62.4 Å². The van der Waals surface area contributed by atoms with Crippen LogP contribution < -0.4 is 0 Å². The van der Waals surface area contributed by atoms with E-state index in [4.69, 9.17) is 9.47 Å². The lowest BCUT2D eigenvalue weighted by molar-refractivity contribution is 0.0638. The fourth-order valence-electron chi connectivity index (χ4n) is 4.43. The minimum Gasteiger partial charge on any atom is -0.383 e. The maximum absolute atomic E-state index is 5.42. The van der Waals surface area contributed by atoms with Crippen molar-refractivity contribution in [1.82, 2.24) is 9.80 Å². The van der Waals surface area contributed by atoms with Crippen LogP contribution in [0.25, 0.3) is 0 Å². The highest BCUT2D eigenvalue weighted by Gasteiger charge is 2.47. The van der Waals surface area contributed by atoms with Gasteiger partial charge in [-0.1, -0.05) is 47.0 Å². The Morgan fingerprint density at radius 3 is 2.00 bits per heavy atom. The summed E-state index contributed by atoms with van der Waals surface area (Å²) < 4.78 is 12.0. The number of hydrogen-bond acceptors (Lipinski definition) is 4. The van der Waals surface area contributed by atoms with Gasteiger partial charge in [0.05, 0.1) is 19.4 Å². The molecule has 0 spiro atoms. The van der Waals surface area contributed by atoms with Gasteiger partial charge in [-0.3, -0.25) is 9.80 Å². The van der Waals surface area contributed by atoms with Crippen LogP contribution in [0.1, 0.15) is 37.4 Å². The number of nitrogens with zero attached hydrogens (tertiary/aromatic N) is 2. The molecule has 1 heterocycles. The maximum atomic E-state index is 5.42. The monoisotopic (exact) mass is 396 g/mol. The molecule has 2 atom stereocenters. The largest absolute Gasteiger partial charge is 0.383 e. The van der Waals surface area contributed by atoms with E-state index in [1.165, 1.54) is 35.7 Å². The van der Waals surface area contributed by atoms with E-state index >= 15 is 0 Å². The van der Waals surface area contributed by atoms with Crippen LogP contribution in [0.5, 0.6) is 0 Å². The Morgan fingerprint density at radius 1 is 0.958 bits per heavy atom. The molecule has 1 saturated carbocycles. The SMILES string of the molecule is COCCN1C(c2ccccc2Br)N(CCOC)[C@@H]2CCCC[C@H]21. The zero-order valence-electron chi connectivity index (χ0n) is 14.8. The molecule has 1 aliphatic carbocycles. The third-order valence-corrected chi connectivity index (χ3v) is 6.19. The van der Waals surface area contributed by atoms with Gasteiger partial charge in [-0.05, 0) is 24.5 Å². The summed E-state index contributed by atoms with van der Waals surface area (Å²) >= 11 is 3.78. The summed E-state index contributed by atoms with van der Waals surface area (Å²) in [4.78, 5) is 5.34. The number of methoxy groups -OCH3 is 2. The Balaban J connectivity index is 1.95. The van der Waals surface area contributed by atoms with E-state index in [9.17, 15) is 0 Å². The van der Waals surface area contributed by atoms with Crippen molar-refractivity contribution in [2.45, 2.75) is 43.9 Å². The van der Waals surface area contributed by atoms with Gasteiger partial charge in [0.2, 0.25) is 0 Å². The van der Waals surface area contributed by atoms with E-state index < -0.39 is 0 Å². The molecule has 0 amide bonds. The minimum atomic E-state index is 0.305. The summed E-state index contributed by atoms with van der Waals surface area (Å²) in [5.74, 6) is 0. The van der Waals surface area contributed by atoms with Crippen LogP contribution in [0, 0.1) is 0 Å². The molecule has 0 radical (unpaired) electrons. The van der Waals surface area contributed by atoms with Gasteiger partial charge < -0.3 is 9.47 Å². The Labute approximate surface area is 154 Å². The first-order valence-electron chi connectivity index (χ1n) is 9.01. The van der Waals surface area contributed by atoms with Gasteiger partial charge in [-0.25, -0.2) is 0 Å². The van der Waals surface area contributed by atoms with E-state index in [0.717, 1.165) is 26.3 Å². The molecular weight excluding hydrogens is 368 g/mol. The first-order chi connectivity index (χ1) is 11.8. The van der Waals surface area contributed by atoms with Crippen molar-refractivity contribution in [3.8, 4) is 0 Å². The molecule has 1 aromatic carbocycles. The average Bonchev–Trinajstić information content (AvgIpc) is 2.92. The molecule has 134 valence electrons. The molecule has 5 heteroatoms.